The van der Waals surface area contributed by atoms with Crippen LogP contribution in [0.15, 0.2) is 42.5 Å². The third-order valence-electron chi connectivity index (χ3n) is 2.64. The average Bonchev–Trinajstić information content (AvgIpc) is 2.45. The minimum Gasteiger partial charge on any atom is -0.479 e. The zero-order valence-corrected chi connectivity index (χ0v) is 10.6. The van der Waals surface area contributed by atoms with Gasteiger partial charge in [0, 0.05) is 29.9 Å². The van der Waals surface area contributed by atoms with Gasteiger partial charge in [0.25, 0.3) is 0 Å². The number of nitrogens with one attached hydrogen (secondary N) is 1. The number of halogens is 2. The van der Waals surface area contributed by atoms with E-state index in [9.17, 15) is 8.78 Å². The predicted molar refractivity (Wildman–Crippen MR) is 71.2 cm³/mol. The van der Waals surface area contributed by atoms with Gasteiger partial charge in [0.15, 0.2) is 6.61 Å². The van der Waals surface area contributed by atoms with Gasteiger partial charge in [0.1, 0.15) is 23.5 Å². The highest BCUT2D eigenvalue weighted by Gasteiger charge is 2.04. The molecule has 0 atom stereocenters. The summed E-state index contributed by atoms with van der Waals surface area (Å²) < 4.78 is 31.4. The zero-order valence-electron chi connectivity index (χ0n) is 10.6. The van der Waals surface area contributed by atoms with Crippen LogP contribution in [0.2, 0.25) is 0 Å². The Bertz CT molecular complexity index is 638. The van der Waals surface area contributed by atoms with Crippen molar-refractivity contribution < 1.29 is 13.5 Å². The molecule has 0 aliphatic carbocycles. The molecule has 3 nitrogen and oxygen atoms in total. The molecule has 1 N–H and O–H groups in total. The quantitative estimate of drug-likeness (QED) is 0.907. The lowest BCUT2D eigenvalue weighted by Gasteiger charge is -2.09. The third-order valence-corrected chi connectivity index (χ3v) is 2.64. The molecule has 2 rings (SSSR count). The molecular weight excluding hydrogens is 262 g/mol. The molecule has 0 bridgehead atoms. The topological polar surface area (TPSA) is 45.0 Å². The summed E-state index contributed by atoms with van der Waals surface area (Å²) in [7, 11) is 0. The molecule has 2 aromatic carbocycles. The van der Waals surface area contributed by atoms with Gasteiger partial charge in [-0.05, 0) is 18.2 Å². The summed E-state index contributed by atoms with van der Waals surface area (Å²) in [5.41, 5.74) is 1.10. The summed E-state index contributed by atoms with van der Waals surface area (Å²) in [5, 5.41) is 11.5. The lowest BCUT2D eigenvalue weighted by Crippen LogP contribution is -2.02. The molecule has 20 heavy (non-hydrogen) atoms. The second kappa shape index (κ2) is 6.53. The average molecular weight is 274 g/mol. The van der Waals surface area contributed by atoms with Crippen molar-refractivity contribution in [1.82, 2.24) is 0 Å². The van der Waals surface area contributed by atoms with Crippen molar-refractivity contribution in [2.75, 3.05) is 11.9 Å². The van der Waals surface area contributed by atoms with E-state index < -0.39 is 11.6 Å². The molecule has 0 spiro atoms. The van der Waals surface area contributed by atoms with Crippen LogP contribution in [-0.4, -0.2) is 6.61 Å². The Morgan fingerprint density at radius 3 is 2.75 bits per heavy atom. The van der Waals surface area contributed by atoms with Gasteiger partial charge in [0.05, 0.1) is 0 Å². The molecule has 0 aliphatic rings. The molecule has 5 heteroatoms. The summed E-state index contributed by atoms with van der Waals surface area (Å²) in [4.78, 5) is 0. The molecule has 0 saturated carbocycles. The van der Waals surface area contributed by atoms with Gasteiger partial charge in [0.2, 0.25) is 0 Å². The van der Waals surface area contributed by atoms with Crippen LogP contribution in [0.1, 0.15) is 5.56 Å². The van der Waals surface area contributed by atoms with Crippen LogP contribution in [0.4, 0.5) is 14.5 Å². The number of benzene rings is 2. The second-order valence-electron chi connectivity index (χ2n) is 4.06. The monoisotopic (exact) mass is 274 g/mol. The van der Waals surface area contributed by atoms with Gasteiger partial charge in [-0.2, -0.15) is 5.26 Å². The van der Waals surface area contributed by atoms with Gasteiger partial charge in [-0.1, -0.05) is 12.1 Å². The van der Waals surface area contributed by atoms with Gasteiger partial charge in [-0.15, -0.1) is 0 Å². The first-order valence-corrected chi connectivity index (χ1v) is 5.96. The van der Waals surface area contributed by atoms with Crippen molar-refractivity contribution in [3.8, 4) is 11.8 Å². The first-order valence-electron chi connectivity index (χ1n) is 5.96. The van der Waals surface area contributed by atoms with Crippen LogP contribution in [0.5, 0.6) is 5.75 Å². The smallest absolute Gasteiger partial charge is 0.174 e. The normalized spacial score (nSPS) is 9.85. The maximum Gasteiger partial charge on any atom is 0.174 e. The van der Waals surface area contributed by atoms with Crippen LogP contribution in [0, 0.1) is 23.0 Å². The van der Waals surface area contributed by atoms with E-state index in [1.807, 2.05) is 6.07 Å². The van der Waals surface area contributed by atoms with Gasteiger partial charge < -0.3 is 10.1 Å². The Hall–Kier alpha value is -2.61. The number of rotatable bonds is 5. The van der Waals surface area contributed by atoms with Crippen molar-refractivity contribution in [2.24, 2.45) is 0 Å². The maximum atomic E-state index is 13.5. The highest BCUT2D eigenvalue weighted by Crippen LogP contribution is 2.18. The molecule has 0 aromatic heterocycles. The number of nitriles is 1. The van der Waals surface area contributed by atoms with E-state index in [2.05, 4.69) is 5.32 Å². The summed E-state index contributed by atoms with van der Waals surface area (Å²) in [6, 6.07) is 12.3. The van der Waals surface area contributed by atoms with E-state index in [0.717, 1.165) is 11.8 Å². The van der Waals surface area contributed by atoms with E-state index >= 15 is 0 Å². The van der Waals surface area contributed by atoms with E-state index in [-0.39, 0.29) is 13.2 Å². The molecule has 0 aliphatic heterocycles. The van der Waals surface area contributed by atoms with Crippen LogP contribution >= 0.6 is 0 Å². The summed E-state index contributed by atoms with van der Waals surface area (Å²) >= 11 is 0. The molecular formula is C15H12F2N2O. The Morgan fingerprint density at radius 1 is 1.15 bits per heavy atom. The lowest BCUT2D eigenvalue weighted by atomic mass is 10.2. The van der Waals surface area contributed by atoms with Gasteiger partial charge in [-0.3, -0.25) is 0 Å². The number of anilines is 1. The van der Waals surface area contributed by atoms with Crippen molar-refractivity contribution in [1.29, 1.82) is 5.26 Å². The Morgan fingerprint density at radius 2 is 2.00 bits per heavy atom. The van der Waals surface area contributed by atoms with E-state index in [1.165, 1.54) is 12.1 Å². The first-order chi connectivity index (χ1) is 9.69. The van der Waals surface area contributed by atoms with Crippen molar-refractivity contribution >= 4 is 5.69 Å². The molecule has 0 heterocycles. The highest BCUT2D eigenvalue weighted by atomic mass is 19.1. The lowest BCUT2D eigenvalue weighted by molar-refractivity contribution is 0.368. The van der Waals surface area contributed by atoms with Crippen LogP contribution in [0.3, 0.4) is 0 Å². The van der Waals surface area contributed by atoms with Crippen molar-refractivity contribution in [3.63, 3.8) is 0 Å². The van der Waals surface area contributed by atoms with E-state index in [4.69, 9.17) is 10.00 Å². The molecule has 2 aromatic rings. The number of nitrogens with zero attached hydrogens (tertiary/aromatic N) is 1. The van der Waals surface area contributed by atoms with Crippen LogP contribution in [-0.2, 0) is 6.54 Å². The number of ether oxygens (including phenoxy) is 1. The molecule has 102 valence electrons. The zero-order chi connectivity index (χ0) is 14.4. The van der Waals surface area contributed by atoms with Crippen molar-refractivity contribution in [2.45, 2.75) is 6.54 Å². The summed E-state index contributed by atoms with van der Waals surface area (Å²) in [5.74, 6) is -0.635. The van der Waals surface area contributed by atoms with E-state index in [1.54, 1.807) is 24.3 Å². The highest BCUT2D eigenvalue weighted by molar-refractivity contribution is 5.48. The third kappa shape index (κ3) is 3.69. The first kappa shape index (κ1) is 13.8. The molecule has 0 radical (unpaired) electrons. The summed E-state index contributed by atoms with van der Waals surface area (Å²) in [6.45, 7) is 0.198. The van der Waals surface area contributed by atoms with Crippen molar-refractivity contribution in [3.05, 3.63) is 59.7 Å². The Kier molecular flexibility index (Phi) is 4.51. The molecule has 0 fully saturated rings. The molecule has 0 saturated heterocycles. The number of hydrogen-bond acceptors (Lipinski definition) is 3. The number of hydrogen-bond donors (Lipinski definition) is 1. The molecule has 0 amide bonds. The van der Waals surface area contributed by atoms with E-state index in [0.29, 0.717) is 11.3 Å². The predicted octanol–water partition coefficient (Wildman–Crippen LogP) is 3.48. The standard InChI is InChI=1S/C15H12F2N2O/c16-12-5-4-11(15(17)8-12)10-19-13-2-1-3-14(9-13)20-7-6-18/h1-5,8-9,19H,7,10H2. The fraction of sp³-hybridized carbons (Fsp3) is 0.133. The fourth-order valence-corrected chi connectivity index (χ4v) is 1.67. The maximum absolute atomic E-state index is 13.5. The Balaban J connectivity index is 2.01. The summed E-state index contributed by atoms with van der Waals surface area (Å²) in [6.07, 6.45) is 0. The molecule has 0 unspecified atom stereocenters. The van der Waals surface area contributed by atoms with Crippen LogP contribution < -0.4 is 10.1 Å². The SMILES string of the molecule is N#CCOc1cccc(NCc2ccc(F)cc2F)c1. The fourth-order valence-electron chi connectivity index (χ4n) is 1.67. The second-order valence-corrected chi connectivity index (χ2v) is 4.06. The minimum atomic E-state index is -0.599. The van der Waals surface area contributed by atoms with Gasteiger partial charge in [-0.25, -0.2) is 8.78 Å². The Labute approximate surface area is 115 Å². The van der Waals surface area contributed by atoms with Crippen LogP contribution in [0.25, 0.3) is 0 Å². The largest absolute Gasteiger partial charge is 0.479 e. The minimum absolute atomic E-state index is 0.0317. The van der Waals surface area contributed by atoms with Gasteiger partial charge >= 0.3 is 0 Å².